The van der Waals surface area contributed by atoms with E-state index < -0.39 is 0 Å². The SMILES string of the molecule is CC=CC=CCc1nccc2occc12. The van der Waals surface area contributed by atoms with Crippen molar-refractivity contribution >= 4 is 11.0 Å². The van der Waals surface area contributed by atoms with Crippen molar-refractivity contribution in [3.63, 3.8) is 0 Å². The highest BCUT2D eigenvalue weighted by atomic mass is 16.3. The summed E-state index contributed by atoms with van der Waals surface area (Å²) in [5.41, 5.74) is 1.96. The van der Waals surface area contributed by atoms with Crippen LogP contribution in [0.2, 0.25) is 0 Å². The van der Waals surface area contributed by atoms with Gasteiger partial charge in [-0.25, -0.2) is 0 Å². The quantitative estimate of drug-likeness (QED) is 0.707. The van der Waals surface area contributed by atoms with Crippen molar-refractivity contribution < 1.29 is 4.42 Å². The number of hydrogen-bond donors (Lipinski definition) is 0. The molecular weight excluding hydrogens is 186 g/mol. The predicted molar refractivity (Wildman–Crippen MR) is 61.7 cm³/mol. The van der Waals surface area contributed by atoms with Crippen LogP contribution in [0, 0.1) is 0 Å². The lowest BCUT2D eigenvalue weighted by atomic mass is 10.2. The highest BCUT2D eigenvalue weighted by Crippen LogP contribution is 2.18. The van der Waals surface area contributed by atoms with E-state index in [1.165, 1.54) is 0 Å². The standard InChI is InChI=1S/C13H13NO/c1-2-3-4-5-6-12-11-8-10-15-13(11)7-9-14-12/h2-5,7-10H,6H2,1H3. The summed E-state index contributed by atoms with van der Waals surface area (Å²) in [5.74, 6) is 0. The van der Waals surface area contributed by atoms with E-state index in [4.69, 9.17) is 4.42 Å². The van der Waals surface area contributed by atoms with E-state index in [-0.39, 0.29) is 0 Å². The lowest BCUT2D eigenvalue weighted by molar-refractivity contribution is 0.615. The second-order valence-electron chi connectivity index (χ2n) is 3.25. The Morgan fingerprint density at radius 2 is 2.27 bits per heavy atom. The minimum Gasteiger partial charge on any atom is -0.464 e. The van der Waals surface area contributed by atoms with Crippen LogP contribution in [0.25, 0.3) is 11.0 Å². The Hall–Kier alpha value is -1.83. The van der Waals surface area contributed by atoms with Crippen LogP contribution in [0.1, 0.15) is 12.6 Å². The number of aromatic nitrogens is 1. The molecule has 0 radical (unpaired) electrons. The minimum absolute atomic E-state index is 0.835. The smallest absolute Gasteiger partial charge is 0.137 e. The number of furan rings is 1. The van der Waals surface area contributed by atoms with Gasteiger partial charge in [-0.2, -0.15) is 0 Å². The van der Waals surface area contributed by atoms with Crippen molar-refractivity contribution in [2.45, 2.75) is 13.3 Å². The molecule has 2 aromatic rings. The van der Waals surface area contributed by atoms with E-state index in [0.717, 1.165) is 23.1 Å². The number of fused-ring (bicyclic) bond motifs is 1. The first-order valence-corrected chi connectivity index (χ1v) is 5.00. The Balaban J connectivity index is 2.24. The second-order valence-corrected chi connectivity index (χ2v) is 3.25. The number of allylic oxidation sites excluding steroid dienone is 4. The van der Waals surface area contributed by atoms with Crippen LogP contribution >= 0.6 is 0 Å². The van der Waals surface area contributed by atoms with Gasteiger partial charge in [0.25, 0.3) is 0 Å². The summed E-state index contributed by atoms with van der Waals surface area (Å²) in [4.78, 5) is 4.34. The van der Waals surface area contributed by atoms with Crippen LogP contribution in [0.4, 0.5) is 0 Å². The molecule has 0 spiro atoms. The zero-order chi connectivity index (χ0) is 10.5. The first-order valence-electron chi connectivity index (χ1n) is 5.00. The van der Waals surface area contributed by atoms with Crippen LogP contribution < -0.4 is 0 Å². The van der Waals surface area contributed by atoms with Crippen molar-refractivity contribution in [2.24, 2.45) is 0 Å². The first-order chi connectivity index (χ1) is 7.42. The summed E-state index contributed by atoms with van der Waals surface area (Å²) in [6, 6.07) is 3.84. The third-order valence-corrected chi connectivity index (χ3v) is 2.21. The van der Waals surface area contributed by atoms with Gasteiger partial charge < -0.3 is 4.42 Å². The maximum absolute atomic E-state index is 5.31. The molecular formula is C13H13NO. The molecule has 0 N–H and O–H groups in total. The average molecular weight is 199 g/mol. The molecule has 0 aliphatic rings. The first kappa shape index (κ1) is 9.71. The number of pyridine rings is 1. The Labute approximate surface area is 88.9 Å². The maximum Gasteiger partial charge on any atom is 0.137 e. The summed E-state index contributed by atoms with van der Waals surface area (Å²) in [5, 5.41) is 1.10. The number of rotatable bonds is 3. The van der Waals surface area contributed by atoms with Gasteiger partial charge in [0.1, 0.15) is 5.58 Å². The Morgan fingerprint density at radius 1 is 1.33 bits per heavy atom. The van der Waals surface area contributed by atoms with E-state index in [1.54, 1.807) is 12.5 Å². The molecule has 0 atom stereocenters. The highest BCUT2D eigenvalue weighted by Gasteiger charge is 2.01. The Bertz CT molecular complexity index is 494. The highest BCUT2D eigenvalue weighted by molar-refractivity contribution is 5.79. The van der Waals surface area contributed by atoms with Gasteiger partial charge in [-0.15, -0.1) is 0 Å². The van der Waals surface area contributed by atoms with E-state index in [9.17, 15) is 0 Å². The topological polar surface area (TPSA) is 26.0 Å². The normalized spacial score (nSPS) is 12.1. The lowest BCUT2D eigenvalue weighted by Crippen LogP contribution is -1.86. The van der Waals surface area contributed by atoms with Crippen LogP contribution in [0.3, 0.4) is 0 Å². The summed E-state index contributed by atoms with van der Waals surface area (Å²) in [6.07, 6.45) is 12.4. The number of hydrogen-bond acceptors (Lipinski definition) is 2. The van der Waals surface area contributed by atoms with Crippen molar-refractivity contribution in [3.8, 4) is 0 Å². The maximum atomic E-state index is 5.31. The molecule has 2 rings (SSSR count). The molecule has 76 valence electrons. The van der Waals surface area contributed by atoms with Gasteiger partial charge in [0.15, 0.2) is 0 Å². The monoisotopic (exact) mass is 199 g/mol. The van der Waals surface area contributed by atoms with E-state index in [2.05, 4.69) is 11.1 Å². The molecule has 0 aliphatic carbocycles. The zero-order valence-electron chi connectivity index (χ0n) is 8.68. The largest absolute Gasteiger partial charge is 0.464 e. The molecule has 0 aliphatic heterocycles. The van der Waals surface area contributed by atoms with Gasteiger partial charge in [0.05, 0.1) is 12.0 Å². The molecule has 0 aromatic carbocycles. The fourth-order valence-electron chi connectivity index (χ4n) is 1.48. The van der Waals surface area contributed by atoms with E-state index in [1.807, 2.05) is 37.3 Å². The van der Waals surface area contributed by atoms with Crippen LogP contribution in [-0.4, -0.2) is 4.98 Å². The summed E-state index contributed by atoms with van der Waals surface area (Å²) in [6.45, 7) is 2.00. The van der Waals surface area contributed by atoms with Gasteiger partial charge in [-0.05, 0) is 19.1 Å². The van der Waals surface area contributed by atoms with Crippen molar-refractivity contribution in [3.05, 3.63) is 54.6 Å². The molecule has 2 nitrogen and oxygen atoms in total. The molecule has 0 bridgehead atoms. The third-order valence-electron chi connectivity index (χ3n) is 2.21. The zero-order valence-corrected chi connectivity index (χ0v) is 8.68. The molecule has 15 heavy (non-hydrogen) atoms. The van der Waals surface area contributed by atoms with Gasteiger partial charge in [-0.1, -0.05) is 24.3 Å². The van der Waals surface area contributed by atoms with Crippen LogP contribution in [-0.2, 0) is 6.42 Å². The van der Waals surface area contributed by atoms with Crippen molar-refractivity contribution in [2.75, 3.05) is 0 Å². The van der Waals surface area contributed by atoms with Crippen molar-refractivity contribution in [1.82, 2.24) is 4.98 Å². The third kappa shape index (κ3) is 2.15. The van der Waals surface area contributed by atoms with E-state index in [0.29, 0.717) is 0 Å². The summed E-state index contributed by atoms with van der Waals surface area (Å²) < 4.78 is 5.31. The molecule has 0 unspecified atom stereocenters. The lowest BCUT2D eigenvalue weighted by Gasteiger charge is -1.96. The van der Waals surface area contributed by atoms with Gasteiger partial charge in [-0.3, -0.25) is 4.98 Å². The molecule has 0 saturated heterocycles. The molecule has 0 fully saturated rings. The molecule has 2 heterocycles. The molecule has 0 saturated carbocycles. The van der Waals surface area contributed by atoms with E-state index >= 15 is 0 Å². The molecule has 0 amide bonds. The fourth-order valence-corrected chi connectivity index (χ4v) is 1.48. The molecule has 2 heteroatoms. The second kappa shape index (κ2) is 4.60. The van der Waals surface area contributed by atoms with Gasteiger partial charge in [0, 0.05) is 18.0 Å². The van der Waals surface area contributed by atoms with Crippen molar-refractivity contribution in [1.29, 1.82) is 0 Å². The number of nitrogens with zero attached hydrogens (tertiary/aromatic N) is 1. The molecule has 2 aromatic heterocycles. The predicted octanol–water partition coefficient (Wildman–Crippen LogP) is 3.50. The summed E-state index contributed by atoms with van der Waals surface area (Å²) >= 11 is 0. The van der Waals surface area contributed by atoms with Gasteiger partial charge >= 0.3 is 0 Å². The van der Waals surface area contributed by atoms with Crippen LogP contribution in [0.15, 0.2) is 53.3 Å². The van der Waals surface area contributed by atoms with Crippen LogP contribution in [0.5, 0.6) is 0 Å². The Morgan fingerprint density at radius 3 is 3.13 bits per heavy atom. The van der Waals surface area contributed by atoms with Gasteiger partial charge in [0.2, 0.25) is 0 Å². The summed E-state index contributed by atoms with van der Waals surface area (Å²) in [7, 11) is 0. The Kier molecular flexibility index (Phi) is 2.98. The average Bonchev–Trinajstić information content (AvgIpc) is 2.73. The fraction of sp³-hybridized carbons (Fsp3) is 0.154. The minimum atomic E-state index is 0.835.